The van der Waals surface area contributed by atoms with Crippen LogP contribution in [-0.4, -0.2) is 35.7 Å². The number of aromatic nitrogens is 2. The molecule has 27 heavy (non-hydrogen) atoms. The number of carbonyl (C=O) groups excluding carboxylic acids is 2. The molecule has 0 unspecified atom stereocenters. The molecule has 1 aliphatic carbocycles. The average Bonchev–Trinajstić information content (AvgIpc) is 3.09. The number of carbonyl (C=O) groups is 2. The van der Waals surface area contributed by atoms with Crippen LogP contribution in [0, 0.1) is 0 Å². The summed E-state index contributed by atoms with van der Waals surface area (Å²) in [6.45, 7) is 0. The number of fused-ring (bicyclic) bond motifs is 1. The van der Waals surface area contributed by atoms with E-state index in [2.05, 4.69) is 10.4 Å². The number of rotatable bonds is 4. The van der Waals surface area contributed by atoms with Crippen LogP contribution in [0.15, 0.2) is 35.7 Å². The van der Waals surface area contributed by atoms with Gasteiger partial charge in [0.1, 0.15) is 17.4 Å². The molecule has 2 heterocycles. The third kappa shape index (κ3) is 2.64. The first-order valence-electron chi connectivity index (χ1n) is 8.67. The number of nitrogens with one attached hydrogen (secondary N) is 1. The van der Waals surface area contributed by atoms with Crippen LogP contribution in [0.4, 0.5) is 5.82 Å². The van der Waals surface area contributed by atoms with Crippen molar-refractivity contribution in [3.05, 3.63) is 46.8 Å². The van der Waals surface area contributed by atoms with E-state index in [9.17, 15) is 9.59 Å². The smallest absolute Gasteiger partial charge is 0.254 e. The molecule has 1 aromatic heterocycles. The highest BCUT2D eigenvalue weighted by atomic mass is 16.5. The quantitative estimate of drug-likeness (QED) is 0.855. The predicted octanol–water partition coefficient (Wildman–Crippen LogP) is 2.02. The first-order valence-corrected chi connectivity index (χ1v) is 8.67. The van der Waals surface area contributed by atoms with E-state index < -0.39 is 11.9 Å². The average molecular weight is 368 g/mol. The molecule has 4 rings (SSSR count). The Kier molecular flexibility index (Phi) is 4.10. The maximum Gasteiger partial charge on any atom is 0.254 e. The molecule has 1 amide bonds. The van der Waals surface area contributed by atoms with E-state index >= 15 is 0 Å². The molecule has 1 atom stereocenters. The molecule has 2 aliphatic rings. The van der Waals surface area contributed by atoms with Crippen molar-refractivity contribution in [3.63, 3.8) is 0 Å². The summed E-state index contributed by atoms with van der Waals surface area (Å²) in [6.07, 6.45) is 3.42. The van der Waals surface area contributed by atoms with Gasteiger partial charge in [-0.25, -0.2) is 4.68 Å². The zero-order chi connectivity index (χ0) is 19.1. The highest BCUT2D eigenvalue weighted by molar-refractivity contribution is 6.02. The zero-order valence-electron chi connectivity index (χ0n) is 15.1. The number of amides is 1. The fourth-order valence-corrected chi connectivity index (χ4v) is 3.77. The van der Waals surface area contributed by atoms with Crippen LogP contribution >= 0.6 is 0 Å². The van der Waals surface area contributed by atoms with E-state index in [1.165, 1.54) is 6.20 Å². The number of Topliss-reactive ketones (excluding diaryl/α,β-unsaturated/α-hetero) is 1. The van der Waals surface area contributed by atoms with Crippen LogP contribution in [0.2, 0.25) is 0 Å². The monoisotopic (exact) mass is 368 g/mol. The number of benzene rings is 1. The van der Waals surface area contributed by atoms with Gasteiger partial charge in [-0.3, -0.25) is 9.59 Å². The number of hydrogen-bond donors (Lipinski definition) is 2. The molecule has 0 fully saturated rings. The summed E-state index contributed by atoms with van der Waals surface area (Å²) in [6, 6.07) is 5.04. The number of nitrogens with two attached hydrogens (primary N) is 1. The van der Waals surface area contributed by atoms with Crippen LogP contribution in [-0.2, 0) is 4.79 Å². The Morgan fingerprint density at radius 1 is 1.26 bits per heavy atom. The van der Waals surface area contributed by atoms with Crippen molar-refractivity contribution in [2.75, 3.05) is 19.5 Å². The molecular formula is C19H20N4O4. The minimum atomic E-state index is -0.569. The predicted molar refractivity (Wildman–Crippen MR) is 97.9 cm³/mol. The van der Waals surface area contributed by atoms with Crippen LogP contribution in [0.5, 0.6) is 11.5 Å². The second-order valence-electron chi connectivity index (χ2n) is 6.53. The number of methoxy groups -OCH3 is 2. The maximum atomic E-state index is 12.8. The summed E-state index contributed by atoms with van der Waals surface area (Å²) in [4.78, 5) is 24.5. The standard InChI is InChI=1S/C19H20N4O4/c1-26-14-7-6-10(8-15(14)27-2)17-16-12(4-3-5-13(16)24)22-19-11(18(20)25)9-21-23(17)19/h6-9,17,22H,3-5H2,1-2H3,(H2,20,25)/t17-/m0/s1. The van der Waals surface area contributed by atoms with Crippen molar-refractivity contribution in [1.82, 2.24) is 9.78 Å². The number of nitrogens with zero attached hydrogens (tertiary/aromatic N) is 2. The molecule has 8 heteroatoms. The Bertz CT molecular complexity index is 976. The highest BCUT2D eigenvalue weighted by Gasteiger charge is 2.37. The van der Waals surface area contributed by atoms with Crippen molar-refractivity contribution in [1.29, 1.82) is 0 Å². The topological polar surface area (TPSA) is 108 Å². The SMILES string of the molecule is COc1ccc([C@H]2C3=C(CCCC3=O)Nc3c(C(N)=O)cnn32)cc1OC. The lowest BCUT2D eigenvalue weighted by Crippen LogP contribution is -2.32. The largest absolute Gasteiger partial charge is 0.493 e. The Morgan fingerprint density at radius 3 is 2.74 bits per heavy atom. The van der Waals surface area contributed by atoms with Gasteiger partial charge in [-0.05, 0) is 30.5 Å². The Morgan fingerprint density at radius 2 is 2.04 bits per heavy atom. The Balaban J connectivity index is 1.92. The zero-order valence-corrected chi connectivity index (χ0v) is 15.1. The lowest BCUT2D eigenvalue weighted by Gasteiger charge is -2.33. The second kappa shape index (κ2) is 6.46. The molecule has 1 aromatic carbocycles. The Hall–Kier alpha value is -3.29. The third-order valence-electron chi connectivity index (χ3n) is 5.03. The van der Waals surface area contributed by atoms with Crippen LogP contribution in [0.3, 0.4) is 0 Å². The van der Waals surface area contributed by atoms with Crippen molar-refractivity contribution in [3.8, 4) is 11.5 Å². The molecule has 0 radical (unpaired) electrons. The van der Waals surface area contributed by atoms with Gasteiger partial charge in [0.25, 0.3) is 5.91 Å². The van der Waals surface area contributed by atoms with Crippen molar-refractivity contribution in [2.24, 2.45) is 5.73 Å². The lowest BCUT2D eigenvalue weighted by molar-refractivity contribution is -0.116. The number of allylic oxidation sites excluding steroid dienone is 2. The van der Waals surface area contributed by atoms with E-state index in [1.54, 1.807) is 25.0 Å². The van der Waals surface area contributed by atoms with Gasteiger partial charge in [-0.1, -0.05) is 6.07 Å². The first-order chi connectivity index (χ1) is 13.0. The van der Waals surface area contributed by atoms with Gasteiger partial charge in [0.05, 0.1) is 20.4 Å². The van der Waals surface area contributed by atoms with Gasteiger partial charge in [0.15, 0.2) is 17.3 Å². The number of ether oxygens (including phenoxy) is 2. The molecule has 3 N–H and O–H groups in total. The summed E-state index contributed by atoms with van der Waals surface area (Å²) < 4.78 is 12.4. The van der Waals surface area contributed by atoms with E-state index in [4.69, 9.17) is 15.2 Å². The summed E-state index contributed by atoms with van der Waals surface area (Å²) in [7, 11) is 3.13. The first kappa shape index (κ1) is 17.1. The van der Waals surface area contributed by atoms with Crippen LogP contribution in [0.1, 0.15) is 41.2 Å². The van der Waals surface area contributed by atoms with Crippen molar-refractivity contribution in [2.45, 2.75) is 25.3 Å². The molecule has 0 bridgehead atoms. The molecule has 2 aromatic rings. The number of primary amides is 1. The van der Waals surface area contributed by atoms with Crippen molar-refractivity contribution < 1.29 is 19.1 Å². The van der Waals surface area contributed by atoms with Crippen LogP contribution in [0.25, 0.3) is 0 Å². The maximum absolute atomic E-state index is 12.8. The summed E-state index contributed by atoms with van der Waals surface area (Å²) in [5.74, 6) is 1.17. The normalized spacial score (nSPS) is 18.4. The molecule has 140 valence electrons. The lowest BCUT2D eigenvalue weighted by atomic mass is 9.85. The van der Waals surface area contributed by atoms with Gasteiger partial charge in [-0.2, -0.15) is 5.10 Å². The molecule has 1 aliphatic heterocycles. The van der Waals surface area contributed by atoms with Gasteiger partial charge in [-0.15, -0.1) is 0 Å². The third-order valence-corrected chi connectivity index (χ3v) is 5.03. The van der Waals surface area contributed by atoms with Crippen LogP contribution < -0.4 is 20.5 Å². The van der Waals surface area contributed by atoms with E-state index in [-0.39, 0.29) is 5.78 Å². The van der Waals surface area contributed by atoms with E-state index in [1.807, 2.05) is 12.1 Å². The molecule has 0 saturated heterocycles. The van der Waals surface area contributed by atoms with Crippen molar-refractivity contribution >= 4 is 17.5 Å². The second-order valence-corrected chi connectivity index (χ2v) is 6.53. The number of anilines is 1. The number of hydrogen-bond acceptors (Lipinski definition) is 6. The summed E-state index contributed by atoms with van der Waals surface area (Å²) >= 11 is 0. The molecule has 0 saturated carbocycles. The fraction of sp³-hybridized carbons (Fsp3) is 0.316. The number of ketones is 1. The summed E-state index contributed by atoms with van der Waals surface area (Å²) in [5.41, 5.74) is 8.09. The minimum absolute atomic E-state index is 0.0744. The highest BCUT2D eigenvalue weighted by Crippen LogP contribution is 2.43. The Labute approximate surface area is 155 Å². The minimum Gasteiger partial charge on any atom is -0.493 e. The molecule has 8 nitrogen and oxygen atoms in total. The van der Waals surface area contributed by atoms with E-state index in [0.717, 1.165) is 24.1 Å². The van der Waals surface area contributed by atoms with Gasteiger partial charge < -0.3 is 20.5 Å². The van der Waals surface area contributed by atoms with E-state index in [0.29, 0.717) is 34.9 Å². The molecule has 0 spiro atoms. The fourth-order valence-electron chi connectivity index (χ4n) is 3.77. The molecular weight excluding hydrogens is 348 g/mol. The van der Waals surface area contributed by atoms with Gasteiger partial charge in [0.2, 0.25) is 0 Å². The van der Waals surface area contributed by atoms with Gasteiger partial charge >= 0.3 is 0 Å². The summed E-state index contributed by atoms with van der Waals surface area (Å²) in [5, 5.41) is 7.57. The van der Waals surface area contributed by atoms with Gasteiger partial charge in [0, 0.05) is 17.7 Å².